The Morgan fingerprint density at radius 2 is 1.93 bits per heavy atom. The molecule has 1 atom stereocenters. The lowest BCUT2D eigenvalue weighted by atomic mass is 10.0. The predicted molar refractivity (Wildman–Crippen MR) is 108 cm³/mol. The van der Waals surface area contributed by atoms with Crippen LogP contribution in [-0.4, -0.2) is 40.3 Å². The molecule has 11 heteroatoms. The molecule has 0 amide bonds. The van der Waals surface area contributed by atoms with Crippen molar-refractivity contribution in [1.29, 1.82) is 0 Å². The molecule has 1 heterocycles. The number of anilines is 1. The van der Waals surface area contributed by atoms with Gasteiger partial charge < -0.3 is 25.0 Å². The van der Waals surface area contributed by atoms with Crippen molar-refractivity contribution in [1.82, 2.24) is 4.98 Å². The number of carboxylic acids is 1. The molecule has 0 spiro atoms. The zero-order valence-corrected chi connectivity index (χ0v) is 17.7. The van der Waals surface area contributed by atoms with Crippen LogP contribution in [0.4, 0.5) is 10.2 Å². The summed E-state index contributed by atoms with van der Waals surface area (Å²) in [7, 11) is 1.10. The smallest absolute Gasteiger partial charge is 0.326 e. The average Bonchev–Trinajstić information content (AvgIpc) is 2.69. The molecule has 2 rings (SSSR count). The maximum atomic E-state index is 14.3. The van der Waals surface area contributed by atoms with Gasteiger partial charge in [0.15, 0.2) is 11.6 Å². The fraction of sp³-hybridized carbons (Fsp3) is 0.316. The Bertz CT molecular complexity index is 971. The maximum Gasteiger partial charge on any atom is 0.326 e. The maximum absolute atomic E-state index is 14.3. The number of aromatic nitrogens is 1. The molecule has 0 aliphatic heterocycles. The van der Waals surface area contributed by atoms with E-state index in [0.29, 0.717) is 5.56 Å². The van der Waals surface area contributed by atoms with Crippen molar-refractivity contribution in [2.45, 2.75) is 32.2 Å². The summed E-state index contributed by atoms with van der Waals surface area (Å²) in [5, 5.41) is 20.8. The van der Waals surface area contributed by atoms with Crippen LogP contribution in [0.3, 0.4) is 0 Å². The van der Waals surface area contributed by atoms with Crippen LogP contribution in [0.15, 0.2) is 18.2 Å². The largest absolute Gasteiger partial charge is 0.508 e. The molecule has 0 aliphatic carbocycles. The van der Waals surface area contributed by atoms with Gasteiger partial charge in [-0.1, -0.05) is 37.0 Å². The quantitative estimate of drug-likeness (QED) is 0.386. The molecule has 8 nitrogen and oxygen atoms in total. The summed E-state index contributed by atoms with van der Waals surface area (Å²) in [6.07, 6.45) is -0.556. The number of carboxylic acid groups (broad SMARTS) is 1. The number of nitrogens with zero attached hydrogens (tertiary/aromatic N) is 1. The molecule has 0 bridgehead atoms. The fourth-order valence-electron chi connectivity index (χ4n) is 2.47. The molecule has 0 saturated carbocycles. The summed E-state index contributed by atoms with van der Waals surface area (Å²) in [5.41, 5.74) is 0.580. The molecular weight excluding hydrogens is 442 g/mol. The average molecular weight is 461 g/mol. The molecule has 0 aliphatic rings. The molecule has 0 radical (unpaired) electrons. The van der Waals surface area contributed by atoms with Crippen LogP contribution in [-0.2, 0) is 14.3 Å². The second-order valence-corrected chi connectivity index (χ2v) is 7.26. The number of hydrogen-bond donors (Lipinski definition) is 3. The van der Waals surface area contributed by atoms with Gasteiger partial charge in [-0.15, -0.1) is 0 Å². The number of rotatable bonds is 8. The van der Waals surface area contributed by atoms with Gasteiger partial charge in [-0.25, -0.2) is 4.79 Å². The Morgan fingerprint density at radius 3 is 2.50 bits per heavy atom. The summed E-state index contributed by atoms with van der Waals surface area (Å²) >= 11 is 12.2. The van der Waals surface area contributed by atoms with Crippen molar-refractivity contribution in [3.8, 4) is 17.2 Å². The second kappa shape index (κ2) is 9.82. The number of phenolic OH excluding ortho intramolecular Hbond substituents is 1. The van der Waals surface area contributed by atoms with Gasteiger partial charge in [0.1, 0.15) is 27.6 Å². The summed E-state index contributed by atoms with van der Waals surface area (Å²) in [6.45, 7) is 3.72. The highest BCUT2D eigenvalue weighted by Gasteiger charge is 2.26. The molecule has 2 aromatic rings. The zero-order valence-electron chi connectivity index (χ0n) is 16.2. The number of aromatic hydroxyl groups is 1. The van der Waals surface area contributed by atoms with E-state index < -0.39 is 35.4 Å². The second-order valence-electron chi connectivity index (χ2n) is 6.50. The van der Waals surface area contributed by atoms with Crippen LogP contribution < -0.4 is 10.1 Å². The van der Waals surface area contributed by atoms with Gasteiger partial charge in [0, 0.05) is 5.56 Å². The third-order valence-electron chi connectivity index (χ3n) is 4.05. The third kappa shape index (κ3) is 5.43. The number of nitrogens with one attached hydrogen (secondary N) is 1. The first-order valence-electron chi connectivity index (χ1n) is 8.66. The number of carbonyl (C=O) groups excluding carboxylic acids is 1. The predicted octanol–water partition coefficient (Wildman–Crippen LogP) is 4.58. The molecule has 3 N–H and O–H groups in total. The van der Waals surface area contributed by atoms with Crippen molar-refractivity contribution in [2.24, 2.45) is 0 Å². The van der Waals surface area contributed by atoms with Crippen LogP contribution in [0.2, 0.25) is 10.0 Å². The number of benzene rings is 1. The molecule has 30 heavy (non-hydrogen) atoms. The molecular formula is C19H19Cl2FN2O6. The number of ether oxygens (including phenoxy) is 2. The topological polar surface area (TPSA) is 118 Å². The monoisotopic (exact) mass is 460 g/mol. The van der Waals surface area contributed by atoms with E-state index in [9.17, 15) is 24.2 Å². The van der Waals surface area contributed by atoms with Crippen molar-refractivity contribution in [3.05, 3.63) is 39.8 Å². The molecule has 1 aromatic heterocycles. The third-order valence-corrected chi connectivity index (χ3v) is 4.72. The Morgan fingerprint density at radius 1 is 1.27 bits per heavy atom. The summed E-state index contributed by atoms with van der Waals surface area (Å²) < 4.78 is 24.3. The van der Waals surface area contributed by atoms with Gasteiger partial charge in [0.25, 0.3) is 0 Å². The molecule has 1 unspecified atom stereocenters. The first kappa shape index (κ1) is 23.5. The van der Waals surface area contributed by atoms with E-state index in [1.165, 1.54) is 18.2 Å². The number of hydrogen-bond acceptors (Lipinski definition) is 7. The molecule has 1 aromatic carbocycles. The van der Waals surface area contributed by atoms with E-state index in [0.717, 1.165) is 7.11 Å². The molecule has 0 fully saturated rings. The number of pyridine rings is 1. The van der Waals surface area contributed by atoms with Crippen LogP contribution in [0.5, 0.6) is 17.2 Å². The number of methoxy groups -OCH3 is 1. The Balaban J connectivity index is 2.43. The van der Waals surface area contributed by atoms with E-state index in [4.69, 9.17) is 27.9 Å². The highest BCUT2D eigenvalue weighted by Crippen LogP contribution is 2.42. The summed E-state index contributed by atoms with van der Waals surface area (Å²) in [4.78, 5) is 26.4. The van der Waals surface area contributed by atoms with E-state index in [-0.39, 0.29) is 34.0 Å². The number of aliphatic carboxylic acids is 1. The van der Waals surface area contributed by atoms with Crippen LogP contribution in [0, 0.1) is 5.95 Å². The number of phenols is 1. The van der Waals surface area contributed by atoms with E-state index in [1.54, 1.807) is 0 Å². The highest BCUT2D eigenvalue weighted by atomic mass is 35.5. The van der Waals surface area contributed by atoms with Crippen molar-refractivity contribution >= 4 is 41.0 Å². The number of halogens is 3. The minimum atomic E-state index is -1.49. The van der Waals surface area contributed by atoms with E-state index >= 15 is 0 Å². The fourth-order valence-corrected chi connectivity index (χ4v) is 2.92. The van der Waals surface area contributed by atoms with Crippen molar-refractivity contribution in [3.63, 3.8) is 0 Å². The first-order valence-corrected chi connectivity index (χ1v) is 9.42. The van der Waals surface area contributed by atoms with Crippen LogP contribution in [0.25, 0.3) is 0 Å². The zero-order chi connectivity index (χ0) is 22.6. The Hall–Kier alpha value is -2.78. The summed E-state index contributed by atoms with van der Waals surface area (Å²) in [6, 6.07) is 2.88. The van der Waals surface area contributed by atoms with Gasteiger partial charge in [0.2, 0.25) is 5.95 Å². The van der Waals surface area contributed by atoms with Gasteiger partial charge in [-0.3, -0.25) is 4.79 Å². The minimum absolute atomic E-state index is 0.0273. The van der Waals surface area contributed by atoms with E-state index in [2.05, 4.69) is 15.0 Å². The normalized spacial score (nSPS) is 11.8. The van der Waals surface area contributed by atoms with Crippen LogP contribution in [0.1, 0.15) is 31.7 Å². The number of esters is 1. The van der Waals surface area contributed by atoms with Gasteiger partial charge >= 0.3 is 11.9 Å². The lowest BCUT2D eigenvalue weighted by molar-refractivity contribution is -0.146. The highest BCUT2D eigenvalue weighted by molar-refractivity contribution is 6.38. The standard InChI is InChI=1S/C19H19Cl2FN2O6/c1-8(2)10-6-9(4-5-12(10)25)30-16-14(20)17(22)24-18(15(16)21)23-11(19(27)28)7-13(26)29-3/h4-6,8,11,25H,7H2,1-3H3,(H,23,24)(H,27,28). The Kier molecular flexibility index (Phi) is 7.69. The molecule has 162 valence electrons. The Labute approximate surface area is 181 Å². The number of carbonyl (C=O) groups is 2. The van der Waals surface area contributed by atoms with Gasteiger partial charge in [-0.2, -0.15) is 9.37 Å². The SMILES string of the molecule is COC(=O)CC(Nc1nc(F)c(Cl)c(Oc2ccc(O)c(C(C)C)c2)c1Cl)C(=O)O. The lowest BCUT2D eigenvalue weighted by Gasteiger charge is -2.18. The van der Waals surface area contributed by atoms with Gasteiger partial charge in [0.05, 0.1) is 13.5 Å². The van der Waals surface area contributed by atoms with Crippen molar-refractivity contribution < 1.29 is 33.7 Å². The van der Waals surface area contributed by atoms with Crippen LogP contribution >= 0.6 is 23.2 Å². The lowest BCUT2D eigenvalue weighted by Crippen LogP contribution is -2.32. The van der Waals surface area contributed by atoms with Gasteiger partial charge in [-0.05, 0) is 24.1 Å². The minimum Gasteiger partial charge on any atom is -0.508 e. The summed E-state index contributed by atoms with van der Waals surface area (Å²) in [5.74, 6) is -3.82. The molecule has 0 saturated heterocycles. The first-order chi connectivity index (χ1) is 14.0. The van der Waals surface area contributed by atoms with E-state index in [1.807, 2.05) is 13.8 Å². The van der Waals surface area contributed by atoms with Crippen molar-refractivity contribution in [2.75, 3.05) is 12.4 Å².